The molecule has 0 saturated heterocycles. The van der Waals surface area contributed by atoms with Crippen molar-refractivity contribution in [1.29, 1.82) is 0 Å². The topological polar surface area (TPSA) is 97.4 Å². The summed E-state index contributed by atoms with van der Waals surface area (Å²) in [5.41, 5.74) is -1.05. The zero-order chi connectivity index (χ0) is 18.9. The molecular formula is C17H21N3O4S2. The molecule has 0 radical (unpaired) electrons. The lowest BCUT2D eigenvalue weighted by Gasteiger charge is -2.26. The fourth-order valence-electron chi connectivity index (χ4n) is 2.74. The molecule has 0 aromatic carbocycles. The Labute approximate surface area is 156 Å². The monoisotopic (exact) mass is 395 g/mol. The molecule has 0 amide bonds. The average Bonchev–Trinajstić information content (AvgIpc) is 3.32. The van der Waals surface area contributed by atoms with Crippen LogP contribution in [0.2, 0.25) is 0 Å². The lowest BCUT2D eigenvalue weighted by molar-refractivity contribution is 0.0891. The van der Waals surface area contributed by atoms with Gasteiger partial charge in [-0.05, 0) is 17.5 Å². The molecule has 9 heteroatoms. The number of furan rings is 1. The molecule has 26 heavy (non-hydrogen) atoms. The normalized spacial score (nSPS) is 14.7. The molecule has 0 aliphatic heterocycles. The van der Waals surface area contributed by atoms with Gasteiger partial charge in [-0.3, -0.25) is 0 Å². The number of rotatable bonds is 7. The first kappa shape index (κ1) is 18.8. The SMILES string of the molecule is CC(C)c1nc(S(=O)(=O)NC[C@](O)(c2ccoc2)c2cccs2)cn1C. The minimum Gasteiger partial charge on any atom is -0.472 e. The summed E-state index contributed by atoms with van der Waals surface area (Å²) in [6.07, 6.45) is 4.32. The third kappa shape index (κ3) is 3.48. The Balaban J connectivity index is 1.89. The van der Waals surface area contributed by atoms with E-state index in [9.17, 15) is 13.5 Å². The Morgan fingerprint density at radius 2 is 2.19 bits per heavy atom. The Morgan fingerprint density at radius 1 is 1.42 bits per heavy atom. The molecule has 2 N–H and O–H groups in total. The van der Waals surface area contributed by atoms with E-state index in [1.54, 1.807) is 29.8 Å². The molecule has 3 aromatic rings. The maximum Gasteiger partial charge on any atom is 0.259 e. The van der Waals surface area contributed by atoms with Crippen molar-refractivity contribution in [1.82, 2.24) is 14.3 Å². The highest BCUT2D eigenvalue weighted by Crippen LogP contribution is 2.33. The molecule has 3 heterocycles. The molecule has 3 aromatic heterocycles. The zero-order valence-corrected chi connectivity index (χ0v) is 16.3. The molecule has 0 aliphatic rings. The van der Waals surface area contributed by atoms with Crippen LogP contribution in [-0.4, -0.2) is 29.6 Å². The highest BCUT2D eigenvalue weighted by Gasteiger charge is 2.36. The molecule has 0 bridgehead atoms. The van der Waals surface area contributed by atoms with Crippen LogP contribution in [-0.2, 0) is 22.7 Å². The molecular weight excluding hydrogens is 374 g/mol. The number of sulfonamides is 1. The van der Waals surface area contributed by atoms with Crippen LogP contribution >= 0.6 is 11.3 Å². The summed E-state index contributed by atoms with van der Waals surface area (Å²) in [6.45, 7) is 3.66. The first-order valence-electron chi connectivity index (χ1n) is 8.06. The van der Waals surface area contributed by atoms with E-state index >= 15 is 0 Å². The summed E-state index contributed by atoms with van der Waals surface area (Å²) < 4.78 is 34.6. The maximum atomic E-state index is 12.7. The fourth-order valence-corrected chi connectivity index (χ4v) is 4.64. The van der Waals surface area contributed by atoms with Crippen LogP contribution in [0.25, 0.3) is 0 Å². The van der Waals surface area contributed by atoms with Gasteiger partial charge in [0.1, 0.15) is 11.4 Å². The molecule has 140 valence electrons. The van der Waals surface area contributed by atoms with Gasteiger partial charge in [-0.25, -0.2) is 18.1 Å². The van der Waals surface area contributed by atoms with Crippen LogP contribution in [0.5, 0.6) is 0 Å². The lowest BCUT2D eigenvalue weighted by Crippen LogP contribution is -2.41. The van der Waals surface area contributed by atoms with Gasteiger partial charge >= 0.3 is 0 Å². The van der Waals surface area contributed by atoms with Gasteiger partial charge in [0.05, 0.1) is 12.5 Å². The third-order valence-electron chi connectivity index (χ3n) is 4.13. The number of aromatic nitrogens is 2. The van der Waals surface area contributed by atoms with Crippen molar-refractivity contribution in [3.05, 3.63) is 58.6 Å². The number of aliphatic hydroxyl groups is 1. The van der Waals surface area contributed by atoms with Gasteiger partial charge in [-0.2, -0.15) is 0 Å². The average molecular weight is 396 g/mol. The van der Waals surface area contributed by atoms with Crippen LogP contribution in [0, 0.1) is 0 Å². The summed E-state index contributed by atoms with van der Waals surface area (Å²) in [7, 11) is -2.12. The van der Waals surface area contributed by atoms with Crippen LogP contribution < -0.4 is 4.72 Å². The van der Waals surface area contributed by atoms with E-state index in [1.807, 2.05) is 19.2 Å². The Hall–Kier alpha value is -1.94. The van der Waals surface area contributed by atoms with Crippen molar-refractivity contribution < 1.29 is 17.9 Å². The van der Waals surface area contributed by atoms with E-state index in [0.717, 1.165) is 0 Å². The first-order valence-corrected chi connectivity index (χ1v) is 10.4. The number of hydrogen-bond donors (Lipinski definition) is 2. The van der Waals surface area contributed by atoms with Crippen LogP contribution in [0.1, 0.15) is 36.0 Å². The van der Waals surface area contributed by atoms with Crippen molar-refractivity contribution in [2.24, 2.45) is 7.05 Å². The molecule has 0 fully saturated rings. The smallest absolute Gasteiger partial charge is 0.259 e. The fraction of sp³-hybridized carbons (Fsp3) is 0.353. The number of hydrogen-bond acceptors (Lipinski definition) is 6. The van der Waals surface area contributed by atoms with Gasteiger partial charge in [0.15, 0.2) is 5.03 Å². The number of thiophene rings is 1. The van der Waals surface area contributed by atoms with Crippen LogP contribution in [0.4, 0.5) is 0 Å². The Bertz CT molecular complexity index is 924. The summed E-state index contributed by atoms with van der Waals surface area (Å²) in [5.74, 6) is 0.770. The predicted octanol–water partition coefficient (Wildman–Crippen LogP) is 2.41. The zero-order valence-electron chi connectivity index (χ0n) is 14.7. The summed E-state index contributed by atoms with van der Waals surface area (Å²) in [4.78, 5) is 4.84. The van der Waals surface area contributed by atoms with Gasteiger partial charge in [0.25, 0.3) is 10.0 Å². The van der Waals surface area contributed by atoms with E-state index in [0.29, 0.717) is 16.3 Å². The van der Waals surface area contributed by atoms with Gasteiger partial charge in [-0.1, -0.05) is 19.9 Å². The van der Waals surface area contributed by atoms with Gasteiger partial charge in [0.2, 0.25) is 0 Å². The molecule has 0 spiro atoms. The predicted molar refractivity (Wildman–Crippen MR) is 98.5 cm³/mol. The third-order valence-corrected chi connectivity index (χ3v) is 6.42. The summed E-state index contributed by atoms with van der Waals surface area (Å²) in [6, 6.07) is 5.17. The maximum absolute atomic E-state index is 12.7. The van der Waals surface area contributed by atoms with Gasteiger partial charge in [0, 0.05) is 36.1 Å². The molecule has 7 nitrogen and oxygen atoms in total. The van der Waals surface area contributed by atoms with Crippen molar-refractivity contribution in [3.63, 3.8) is 0 Å². The van der Waals surface area contributed by atoms with Crippen molar-refractivity contribution in [2.75, 3.05) is 6.54 Å². The van der Waals surface area contributed by atoms with E-state index in [-0.39, 0.29) is 17.5 Å². The summed E-state index contributed by atoms with van der Waals surface area (Å²) in [5, 5.41) is 12.9. The molecule has 1 atom stereocenters. The lowest BCUT2D eigenvalue weighted by atomic mass is 9.95. The first-order chi connectivity index (χ1) is 12.2. The molecule has 0 unspecified atom stereocenters. The van der Waals surface area contributed by atoms with E-state index in [1.165, 1.54) is 30.1 Å². The number of nitrogens with one attached hydrogen (secondary N) is 1. The second-order valence-corrected chi connectivity index (χ2v) is 9.04. The second-order valence-electron chi connectivity index (χ2n) is 6.38. The Morgan fingerprint density at radius 3 is 2.73 bits per heavy atom. The van der Waals surface area contributed by atoms with E-state index in [4.69, 9.17) is 4.42 Å². The van der Waals surface area contributed by atoms with E-state index < -0.39 is 15.6 Å². The Kier molecular flexibility index (Phi) is 5.07. The largest absolute Gasteiger partial charge is 0.472 e. The quantitative estimate of drug-likeness (QED) is 0.640. The highest BCUT2D eigenvalue weighted by molar-refractivity contribution is 7.89. The standard InChI is InChI=1S/C17H21N3O4S2/c1-12(2)16-19-15(9-20(16)3)26(22,23)18-11-17(21,13-6-7-24-10-13)14-5-4-8-25-14/h4-10,12,18,21H,11H2,1-3H3/t17-/m0/s1. The molecule has 3 rings (SSSR count). The molecule has 0 aliphatic carbocycles. The van der Waals surface area contributed by atoms with Crippen molar-refractivity contribution in [2.45, 2.75) is 30.4 Å². The summed E-state index contributed by atoms with van der Waals surface area (Å²) >= 11 is 1.34. The van der Waals surface area contributed by atoms with Crippen molar-refractivity contribution >= 4 is 21.4 Å². The van der Waals surface area contributed by atoms with E-state index in [2.05, 4.69) is 9.71 Å². The second kappa shape index (κ2) is 6.99. The molecule has 0 saturated carbocycles. The number of nitrogens with zero attached hydrogens (tertiary/aromatic N) is 2. The van der Waals surface area contributed by atoms with Crippen molar-refractivity contribution in [3.8, 4) is 0 Å². The number of aryl methyl sites for hydroxylation is 1. The number of imidazole rings is 1. The van der Waals surface area contributed by atoms with Gasteiger partial charge < -0.3 is 14.1 Å². The minimum absolute atomic E-state index is 0.0653. The van der Waals surface area contributed by atoms with Crippen LogP contribution in [0.15, 0.2) is 51.7 Å². The van der Waals surface area contributed by atoms with Gasteiger partial charge in [-0.15, -0.1) is 11.3 Å². The van der Waals surface area contributed by atoms with Crippen LogP contribution in [0.3, 0.4) is 0 Å². The highest BCUT2D eigenvalue weighted by atomic mass is 32.2. The minimum atomic E-state index is -3.88.